The second-order valence-corrected chi connectivity index (χ2v) is 5.32. The smallest absolute Gasteiger partial charge is 0.120 e. The van der Waals surface area contributed by atoms with Crippen LogP contribution in [0.1, 0.15) is 13.8 Å². The lowest BCUT2D eigenvalue weighted by molar-refractivity contribution is 0.202. The molecule has 1 aromatic carbocycles. The van der Waals surface area contributed by atoms with Crippen molar-refractivity contribution in [2.24, 2.45) is 5.41 Å². The number of hydrogen-bond acceptors (Lipinski definition) is 2. The first-order valence-corrected chi connectivity index (χ1v) is 6.02. The number of rotatable bonds is 4. The zero-order chi connectivity index (χ0) is 11.5. The number of thiol groups is 1. The Labute approximate surface area is 106 Å². The lowest BCUT2D eigenvalue weighted by Crippen LogP contribution is -2.23. The Morgan fingerprint density at radius 1 is 1.27 bits per heavy atom. The van der Waals surface area contributed by atoms with Gasteiger partial charge in [0.05, 0.1) is 16.7 Å². The fourth-order valence-corrected chi connectivity index (χ4v) is 1.27. The highest BCUT2D eigenvalue weighted by molar-refractivity contribution is 7.80. The second-order valence-electron chi connectivity index (χ2n) is 4.19. The van der Waals surface area contributed by atoms with E-state index in [9.17, 15) is 0 Å². The third-order valence-corrected chi connectivity index (χ3v) is 3.54. The van der Waals surface area contributed by atoms with Gasteiger partial charge in [0, 0.05) is 11.5 Å². The molecule has 0 atom stereocenters. The van der Waals surface area contributed by atoms with Crippen LogP contribution in [-0.4, -0.2) is 12.4 Å². The van der Waals surface area contributed by atoms with E-state index in [2.05, 4.69) is 26.5 Å². The molecule has 0 aliphatic heterocycles. The topological polar surface area (TPSA) is 9.23 Å². The minimum absolute atomic E-state index is 0.0508. The molecule has 0 amide bonds. The Morgan fingerprint density at radius 3 is 2.47 bits per heavy atom. The molecule has 0 unspecified atom stereocenters. The quantitative estimate of drug-likeness (QED) is 0.797. The van der Waals surface area contributed by atoms with Crippen LogP contribution in [-0.2, 0) is 0 Å². The summed E-state index contributed by atoms with van der Waals surface area (Å²) in [5.74, 6) is 1.51. The minimum atomic E-state index is 0.0508. The van der Waals surface area contributed by atoms with Gasteiger partial charge in [-0.1, -0.05) is 37.0 Å². The molecule has 1 nitrogen and oxygen atoms in total. The molecule has 0 saturated carbocycles. The SMILES string of the molecule is CC(C)(CS)COc1ccc(Cl)c(Cl)c1. The molecular formula is C11H14Cl2OS. The molecule has 0 radical (unpaired) electrons. The highest BCUT2D eigenvalue weighted by atomic mass is 35.5. The van der Waals surface area contributed by atoms with Gasteiger partial charge in [-0.25, -0.2) is 0 Å². The summed E-state index contributed by atoms with van der Waals surface area (Å²) >= 11 is 15.9. The Hall–Kier alpha value is -0.0500. The summed E-state index contributed by atoms with van der Waals surface area (Å²) in [5.41, 5.74) is 0.0508. The third-order valence-electron chi connectivity index (χ3n) is 1.95. The summed E-state index contributed by atoms with van der Waals surface area (Å²) in [6.45, 7) is 4.80. The summed E-state index contributed by atoms with van der Waals surface area (Å²) < 4.78 is 5.61. The van der Waals surface area contributed by atoms with Crippen LogP contribution in [0.3, 0.4) is 0 Å². The summed E-state index contributed by atoms with van der Waals surface area (Å²) in [6.07, 6.45) is 0. The van der Waals surface area contributed by atoms with Crippen molar-refractivity contribution in [1.29, 1.82) is 0 Å². The van der Waals surface area contributed by atoms with Gasteiger partial charge in [-0.3, -0.25) is 0 Å². The summed E-state index contributed by atoms with van der Waals surface area (Å²) in [6, 6.07) is 5.26. The molecule has 84 valence electrons. The molecule has 1 rings (SSSR count). The molecule has 1 aromatic rings. The molecule has 0 aromatic heterocycles. The van der Waals surface area contributed by atoms with Crippen molar-refractivity contribution in [1.82, 2.24) is 0 Å². The number of hydrogen-bond donors (Lipinski definition) is 1. The van der Waals surface area contributed by atoms with Crippen LogP contribution in [0.25, 0.3) is 0 Å². The third kappa shape index (κ3) is 4.13. The first-order chi connectivity index (χ1) is 6.94. The van der Waals surface area contributed by atoms with Gasteiger partial charge in [-0.05, 0) is 17.9 Å². The lowest BCUT2D eigenvalue weighted by atomic mass is 9.98. The summed E-state index contributed by atoms with van der Waals surface area (Å²) in [5, 5.41) is 1.05. The fourth-order valence-electron chi connectivity index (χ4n) is 0.891. The van der Waals surface area contributed by atoms with E-state index in [0.717, 1.165) is 11.5 Å². The molecule has 0 bridgehead atoms. The number of ether oxygens (including phenoxy) is 1. The van der Waals surface area contributed by atoms with E-state index in [4.69, 9.17) is 27.9 Å². The van der Waals surface area contributed by atoms with E-state index in [0.29, 0.717) is 16.7 Å². The Balaban J connectivity index is 2.62. The standard InChI is InChI=1S/C11H14Cl2OS/c1-11(2,7-15)6-14-8-3-4-9(12)10(13)5-8/h3-5,15H,6-7H2,1-2H3. The first kappa shape index (κ1) is 13.0. The summed E-state index contributed by atoms with van der Waals surface area (Å²) in [4.78, 5) is 0. The molecule has 0 aliphatic rings. The van der Waals surface area contributed by atoms with E-state index in [1.807, 2.05) is 6.07 Å². The van der Waals surface area contributed by atoms with Crippen LogP contribution in [0.15, 0.2) is 18.2 Å². The van der Waals surface area contributed by atoms with Crippen LogP contribution in [0, 0.1) is 5.41 Å². The molecule has 0 aliphatic carbocycles. The van der Waals surface area contributed by atoms with Gasteiger partial charge in [0.2, 0.25) is 0 Å². The van der Waals surface area contributed by atoms with Crippen LogP contribution >= 0.6 is 35.8 Å². The van der Waals surface area contributed by atoms with Crippen molar-refractivity contribution < 1.29 is 4.74 Å². The van der Waals surface area contributed by atoms with Crippen LogP contribution in [0.5, 0.6) is 5.75 Å². The highest BCUT2D eigenvalue weighted by Crippen LogP contribution is 2.27. The average molecular weight is 265 g/mol. The van der Waals surface area contributed by atoms with E-state index >= 15 is 0 Å². The molecule has 0 N–H and O–H groups in total. The zero-order valence-electron chi connectivity index (χ0n) is 8.76. The molecule has 0 spiro atoms. The van der Waals surface area contributed by atoms with Crippen molar-refractivity contribution in [3.63, 3.8) is 0 Å². The van der Waals surface area contributed by atoms with E-state index < -0.39 is 0 Å². The van der Waals surface area contributed by atoms with Crippen LogP contribution < -0.4 is 4.74 Å². The molecule has 4 heteroatoms. The maximum Gasteiger partial charge on any atom is 0.120 e. The molecule has 15 heavy (non-hydrogen) atoms. The van der Waals surface area contributed by atoms with Crippen molar-refractivity contribution in [3.8, 4) is 5.75 Å². The first-order valence-electron chi connectivity index (χ1n) is 4.63. The van der Waals surface area contributed by atoms with E-state index in [-0.39, 0.29) is 5.41 Å². The van der Waals surface area contributed by atoms with Gasteiger partial charge < -0.3 is 4.74 Å². The van der Waals surface area contributed by atoms with E-state index in [1.54, 1.807) is 12.1 Å². The predicted octanol–water partition coefficient (Wildman–Crippen LogP) is 4.33. The van der Waals surface area contributed by atoms with Crippen LogP contribution in [0.2, 0.25) is 10.0 Å². The maximum atomic E-state index is 5.87. The number of benzene rings is 1. The van der Waals surface area contributed by atoms with Gasteiger partial charge in [0.25, 0.3) is 0 Å². The monoisotopic (exact) mass is 264 g/mol. The zero-order valence-corrected chi connectivity index (χ0v) is 11.2. The van der Waals surface area contributed by atoms with Gasteiger partial charge >= 0.3 is 0 Å². The predicted molar refractivity (Wildman–Crippen MR) is 69.6 cm³/mol. The molecule has 0 heterocycles. The Bertz CT molecular complexity index is 339. The van der Waals surface area contributed by atoms with Gasteiger partial charge in [0.1, 0.15) is 5.75 Å². The van der Waals surface area contributed by atoms with Crippen molar-refractivity contribution >= 4 is 35.8 Å². The van der Waals surface area contributed by atoms with Gasteiger partial charge in [-0.15, -0.1) is 0 Å². The Kier molecular flexibility index (Phi) is 4.63. The van der Waals surface area contributed by atoms with E-state index in [1.165, 1.54) is 0 Å². The van der Waals surface area contributed by atoms with Crippen molar-refractivity contribution in [2.75, 3.05) is 12.4 Å². The molecule has 0 saturated heterocycles. The number of halogens is 2. The largest absolute Gasteiger partial charge is 0.493 e. The highest BCUT2D eigenvalue weighted by Gasteiger charge is 2.16. The Morgan fingerprint density at radius 2 is 1.93 bits per heavy atom. The van der Waals surface area contributed by atoms with Gasteiger partial charge in [-0.2, -0.15) is 12.6 Å². The van der Waals surface area contributed by atoms with Crippen LogP contribution in [0.4, 0.5) is 0 Å². The molecular weight excluding hydrogens is 251 g/mol. The fraction of sp³-hybridized carbons (Fsp3) is 0.455. The second kappa shape index (κ2) is 5.33. The van der Waals surface area contributed by atoms with Gasteiger partial charge in [0.15, 0.2) is 0 Å². The average Bonchev–Trinajstić information content (AvgIpc) is 2.20. The lowest BCUT2D eigenvalue weighted by Gasteiger charge is -2.22. The summed E-state index contributed by atoms with van der Waals surface area (Å²) in [7, 11) is 0. The van der Waals surface area contributed by atoms with Crippen molar-refractivity contribution in [3.05, 3.63) is 28.2 Å². The maximum absolute atomic E-state index is 5.87. The van der Waals surface area contributed by atoms with Crippen molar-refractivity contribution in [2.45, 2.75) is 13.8 Å². The molecule has 0 fully saturated rings. The normalized spacial score (nSPS) is 11.5. The minimum Gasteiger partial charge on any atom is -0.493 e.